The molecule has 0 bridgehead atoms. The topological polar surface area (TPSA) is 42.7 Å². The van der Waals surface area contributed by atoms with Gasteiger partial charge in [-0.25, -0.2) is 4.79 Å². The second kappa shape index (κ2) is 3.81. The first-order valence-corrected chi connectivity index (χ1v) is 4.85. The molecule has 1 aromatic heterocycles. The van der Waals surface area contributed by atoms with Crippen LogP contribution >= 0.6 is 0 Å². The summed E-state index contributed by atoms with van der Waals surface area (Å²) in [4.78, 5) is 12.7. The van der Waals surface area contributed by atoms with E-state index < -0.39 is 6.09 Å². The minimum atomic E-state index is -0.391. The van der Waals surface area contributed by atoms with Crippen LogP contribution in [-0.2, 0) is 0 Å². The number of hydrogen-bond acceptors (Lipinski definition) is 3. The van der Waals surface area contributed by atoms with E-state index in [1.807, 2.05) is 12.2 Å². The van der Waals surface area contributed by atoms with Crippen LogP contribution in [0.25, 0.3) is 12.2 Å². The summed E-state index contributed by atoms with van der Waals surface area (Å²) in [6, 6.07) is 0. The molecule has 2 rings (SSSR count). The molecule has 0 N–H and O–H groups in total. The molecule has 0 radical (unpaired) electrons. The van der Waals surface area contributed by atoms with Gasteiger partial charge in [-0.3, -0.25) is 0 Å². The minimum absolute atomic E-state index is 0.391. The fraction of sp³-hybridized carbons (Fsp3) is 0.364. The van der Waals surface area contributed by atoms with Gasteiger partial charge < -0.3 is 14.1 Å². The number of furan rings is 1. The van der Waals surface area contributed by atoms with Gasteiger partial charge in [0.2, 0.25) is 0 Å². The molecule has 0 spiro atoms. The van der Waals surface area contributed by atoms with Gasteiger partial charge in [0.05, 0.1) is 5.22 Å². The van der Waals surface area contributed by atoms with E-state index in [1.54, 1.807) is 14.1 Å². The van der Waals surface area contributed by atoms with Crippen LogP contribution in [0.1, 0.15) is 12.8 Å². The van der Waals surface area contributed by atoms with Crippen molar-refractivity contribution in [2.24, 2.45) is 0 Å². The number of carbonyl (C=O) groups excluding carboxylic acids is 1. The van der Waals surface area contributed by atoms with Crippen molar-refractivity contribution in [1.82, 2.24) is 4.90 Å². The number of fused-ring (bicyclic) bond motifs is 1. The van der Waals surface area contributed by atoms with Crippen molar-refractivity contribution in [3.63, 3.8) is 0 Å². The Morgan fingerprint density at radius 2 is 2.13 bits per heavy atom. The molecule has 1 amide bonds. The maximum absolute atomic E-state index is 11.3. The van der Waals surface area contributed by atoms with Crippen molar-refractivity contribution in [1.29, 1.82) is 0 Å². The molecule has 15 heavy (non-hydrogen) atoms. The van der Waals surface area contributed by atoms with Crippen LogP contribution in [0.4, 0.5) is 4.79 Å². The van der Waals surface area contributed by atoms with E-state index in [0.29, 0.717) is 5.75 Å². The van der Waals surface area contributed by atoms with E-state index in [4.69, 9.17) is 9.15 Å². The van der Waals surface area contributed by atoms with E-state index in [1.165, 1.54) is 11.2 Å². The lowest BCUT2D eigenvalue weighted by Gasteiger charge is -2.08. The lowest BCUT2D eigenvalue weighted by Crippen LogP contribution is -2.29. The first-order chi connectivity index (χ1) is 7.18. The molecular weight excluding hydrogens is 194 g/mol. The van der Waals surface area contributed by atoms with Crippen molar-refractivity contribution in [2.75, 3.05) is 14.1 Å². The lowest BCUT2D eigenvalue weighted by molar-refractivity contribution is 0.171. The third-order valence-electron chi connectivity index (χ3n) is 2.23. The highest BCUT2D eigenvalue weighted by Crippen LogP contribution is 2.06. The SMILES string of the molecule is CN(C)C(=O)Oc1coc2c1=CCCC=2. The summed E-state index contributed by atoms with van der Waals surface area (Å²) in [5.74, 6) is 0.500. The smallest absolute Gasteiger partial charge is 0.414 e. The maximum atomic E-state index is 11.3. The normalized spacial score (nSPS) is 13.5. The zero-order chi connectivity index (χ0) is 10.8. The van der Waals surface area contributed by atoms with Crippen LogP contribution in [-0.4, -0.2) is 25.1 Å². The lowest BCUT2D eigenvalue weighted by atomic mass is 10.2. The summed E-state index contributed by atoms with van der Waals surface area (Å²) in [5.41, 5.74) is 0.794. The van der Waals surface area contributed by atoms with E-state index in [9.17, 15) is 4.79 Å². The molecule has 0 fully saturated rings. The Hall–Kier alpha value is -1.71. The Kier molecular flexibility index (Phi) is 2.49. The van der Waals surface area contributed by atoms with Crippen molar-refractivity contribution < 1.29 is 13.9 Å². The van der Waals surface area contributed by atoms with Gasteiger partial charge in [0, 0.05) is 14.1 Å². The molecule has 0 atom stereocenters. The molecule has 0 aliphatic heterocycles. The van der Waals surface area contributed by atoms with Gasteiger partial charge in [-0.05, 0) is 18.9 Å². The van der Waals surface area contributed by atoms with Crippen molar-refractivity contribution in [2.45, 2.75) is 12.8 Å². The summed E-state index contributed by atoms with van der Waals surface area (Å²) >= 11 is 0. The van der Waals surface area contributed by atoms with E-state index in [-0.39, 0.29) is 0 Å². The Morgan fingerprint density at radius 3 is 2.87 bits per heavy atom. The van der Waals surface area contributed by atoms with Crippen LogP contribution in [0.2, 0.25) is 0 Å². The fourth-order valence-electron chi connectivity index (χ4n) is 1.43. The second-order valence-corrected chi connectivity index (χ2v) is 3.63. The molecule has 0 unspecified atom stereocenters. The molecule has 1 aliphatic rings. The van der Waals surface area contributed by atoms with Gasteiger partial charge >= 0.3 is 6.09 Å². The maximum Gasteiger partial charge on any atom is 0.414 e. The number of rotatable bonds is 1. The summed E-state index contributed by atoms with van der Waals surface area (Å²) in [7, 11) is 3.29. The number of hydrogen-bond donors (Lipinski definition) is 0. The van der Waals surface area contributed by atoms with Gasteiger partial charge in [0.1, 0.15) is 11.7 Å². The third kappa shape index (κ3) is 1.88. The predicted octanol–water partition coefficient (Wildman–Crippen LogP) is 0.695. The molecule has 1 heterocycles. The molecule has 0 aromatic carbocycles. The van der Waals surface area contributed by atoms with E-state index >= 15 is 0 Å². The van der Waals surface area contributed by atoms with Gasteiger partial charge in [-0.2, -0.15) is 0 Å². The second-order valence-electron chi connectivity index (χ2n) is 3.63. The number of nitrogens with zero attached hydrogens (tertiary/aromatic N) is 1. The zero-order valence-electron chi connectivity index (χ0n) is 8.82. The van der Waals surface area contributed by atoms with Crippen LogP contribution in [0.15, 0.2) is 10.7 Å². The summed E-state index contributed by atoms with van der Waals surface area (Å²) in [5, 5.41) is 0.886. The number of ether oxygens (including phenoxy) is 1. The van der Waals surface area contributed by atoms with Gasteiger partial charge in [0.25, 0.3) is 0 Å². The van der Waals surface area contributed by atoms with Crippen LogP contribution in [0.5, 0.6) is 5.75 Å². The minimum Gasteiger partial charge on any atom is -0.461 e. The summed E-state index contributed by atoms with van der Waals surface area (Å²) < 4.78 is 10.4. The highest BCUT2D eigenvalue weighted by Gasteiger charge is 2.11. The number of amides is 1. The Morgan fingerprint density at radius 1 is 1.40 bits per heavy atom. The average Bonchev–Trinajstić information content (AvgIpc) is 2.62. The number of carbonyl (C=O) groups is 1. The Labute approximate surface area is 87.4 Å². The third-order valence-corrected chi connectivity index (χ3v) is 2.23. The molecule has 0 saturated carbocycles. The highest BCUT2D eigenvalue weighted by molar-refractivity contribution is 5.70. The van der Waals surface area contributed by atoms with Crippen LogP contribution < -0.4 is 15.4 Å². The van der Waals surface area contributed by atoms with Gasteiger partial charge in [-0.15, -0.1) is 0 Å². The molecule has 4 nitrogen and oxygen atoms in total. The standard InChI is InChI=1S/C11H13NO3/c1-12(2)11(13)15-10-7-14-9-6-4-3-5-8(9)10/h5-7H,3-4H2,1-2H3. The summed E-state index contributed by atoms with van der Waals surface area (Å²) in [6.07, 6.45) is 7.04. The molecule has 1 aliphatic carbocycles. The van der Waals surface area contributed by atoms with Gasteiger partial charge in [-0.1, -0.05) is 6.08 Å². The first kappa shape index (κ1) is 9.83. The largest absolute Gasteiger partial charge is 0.461 e. The molecule has 80 valence electrons. The summed E-state index contributed by atoms with van der Waals surface area (Å²) in [6.45, 7) is 0. The van der Waals surface area contributed by atoms with Crippen LogP contribution in [0.3, 0.4) is 0 Å². The van der Waals surface area contributed by atoms with Crippen molar-refractivity contribution in [3.8, 4) is 5.75 Å². The van der Waals surface area contributed by atoms with E-state index in [2.05, 4.69) is 0 Å². The fourth-order valence-corrected chi connectivity index (χ4v) is 1.43. The highest BCUT2D eigenvalue weighted by atomic mass is 16.6. The Bertz CT molecular complexity index is 484. The monoisotopic (exact) mass is 207 g/mol. The molecule has 1 aromatic rings. The van der Waals surface area contributed by atoms with E-state index in [0.717, 1.165) is 23.5 Å². The van der Waals surface area contributed by atoms with Crippen molar-refractivity contribution >= 4 is 18.2 Å². The predicted molar refractivity (Wildman–Crippen MR) is 55.8 cm³/mol. The zero-order valence-corrected chi connectivity index (χ0v) is 8.82. The quantitative estimate of drug-likeness (QED) is 0.680. The Balaban J connectivity index is 2.32. The molecule has 0 saturated heterocycles. The average molecular weight is 207 g/mol. The van der Waals surface area contributed by atoms with Gasteiger partial charge in [0.15, 0.2) is 5.75 Å². The van der Waals surface area contributed by atoms with Crippen molar-refractivity contribution in [3.05, 3.63) is 16.9 Å². The molecular formula is C11H13NO3. The first-order valence-electron chi connectivity index (χ1n) is 4.85. The molecule has 4 heteroatoms. The van der Waals surface area contributed by atoms with Crippen LogP contribution in [0, 0.1) is 0 Å².